The molecular formula is C32H36Cl2N2O3S. The van der Waals surface area contributed by atoms with Gasteiger partial charge in [0.05, 0.1) is 20.7 Å². The van der Waals surface area contributed by atoms with Gasteiger partial charge in [-0.25, -0.2) is 8.42 Å². The Labute approximate surface area is 248 Å². The van der Waals surface area contributed by atoms with Crippen molar-refractivity contribution in [2.75, 3.05) is 39.0 Å². The van der Waals surface area contributed by atoms with Gasteiger partial charge in [-0.05, 0) is 94.2 Å². The third-order valence-corrected chi connectivity index (χ3v) is 11.3. The zero-order chi connectivity index (χ0) is 28.7. The average molecular weight is 600 g/mol. The molecule has 2 heterocycles. The maximum absolute atomic E-state index is 13.4. The van der Waals surface area contributed by atoms with E-state index in [1.165, 1.54) is 0 Å². The van der Waals surface area contributed by atoms with Gasteiger partial charge in [-0.2, -0.15) is 0 Å². The molecular weight excluding hydrogens is 563 g/mol. The summed E-state index contributed by atoms with van der Waals surface area (Å²) >= 11 is 12.6. The topological polar surface area (TPSA) is 57.7 Å². The van der Waals surface area contributed by atoms with E-state index in [1.807, 2.05) is 69.4 Å². The van der Waals surface area contributed by atoms with E-state index < -0.39 is 9.84 Å². The highest BCUT2D eigenvalue weighted by atomic mass is 35.5. The highest BCUT2D eigenvalue weighted by Gasteiger charge is 2.48. The molecule has 212 valence electrons. The highest BCUT2D eigenvalue weighted by Crippen LogP contribution is 2.46. The first kappa shape index (κ1) is 29.1. The van der Waals surface area contributed by atoms with Crippen molar-refractivity contribution in [3.63, 3.8) is 0 Å². The summed E-state index contributed by atoms with van der Waals surface area (Å²) in [6, 6.07) is 19.2. The molecule has 0 radical (unpaired) electrons. The summed E-state index contributed by atoms with van der Waals surface area (Å²) < 4.78 is 25.7. The van der Waals surface area contributed by atoms with Crippen molar-refractivity contribution in [3.8, 4) is 0 Å². The van der Waals surface area contributed by atoms with Crippen LogP contribution < -0.4 is 0 Å². The van der Waals surface area contributed by atoms with Crippen molar-refractivity contribution in [1.82, 2.24) is 9.80 Å². The largest absolute Gasteiger partial charge is 0.341 e. The molecule has 40 heavy (non-hydrogen) atoms. The SMILES string of the molecule is Cc1cc(C)cc(C(=O)N(C)CC(CCN2CCC3(CC2)CS(=O)(=O)c2ccccc23)c2ccc(Cl)c(Cl)c2)c1. The second-order valence-corrected chi connectivity index (χ2v) is 14.4. The smallest absolute Gasteiger partial charge is 0.253 e. The van der Waals surface area contributed by atoms with Crippen molar-refractivity contribution >= 4 is 38.9 Å². The van der Waals surface area contributed by atoms with Crippen LogP contribution >= 0.6 is 23.2 Å². The number of nitrogens with zero attached hydrogens (tertiary/aromatic N) is 2. The van der Waals surface area contributed by atoms with Crippen LogP contribution in [-0.2, 0) is 15.3 Å². The fraction of sp³-hybridized carbons (Fsp3) is 0.406. The van der Waals surface area contributed by atoms with Crippen LogP contribution in [0.3, 0.4) is 0 Å². The predicted octanol–water partition coefficient (Wildman–Crippen LogP) is 6.68. The van der Waals surface area contributed by atoms with Gasteiger partial charge in [-0.3, -0.25) is 4.79 Å². The van der Waals surface area contributed by atoms with Gasteiger partial charge >= 0.3 is 0 Å². The number of fused-ring (bicyclic) bond motifs is 2. The van der Waals surface area contributed by atoms with Gasteiger partial charge < -0.3 is 9.80 Å². The van der Waals surface area contributed by atoms with E-state index in [2.05, 4.69) is 11.0 Å². The first-order valence-corrected chi connectivity index (χ1v) is 16.2. The van der Waals surface area contributed by atoms with Crippen molar-refractivity contribution in [1.29, 1.82) is 0 Å². The number of amides is 1. The lowest BCUT2D eigenvalue weighted by Crippen LogP contribution is -2.44. The zero-order valence-corrected chi connectivity index (χ0v) is 25.6. The summed E-state index contributed by atoms with van der Waals surface area (Å²) in [7, 11) is -1.38. The molecule has 2 aliphatic heterocycles. The lowest BCUT2D eigenvalue weighted by molar-refractivity contribution is 0.0780. The number of sulfone groups is 1. The maximum Gasteiger partial charge on any atom is 0.253 e. The first-order chi connectivity index (χ1) is 19.0. The van der Waals surface area contributed by atoms with Crippen LogP contribution in [0.15, 0.2) is 65.6 Å². The number of hydrogen-bond donors (Lipinski definition) is 0. The Kier molecular flexibility index (Phi) is 8.36. The Morgan fingerprint density at radius 3 is 2.33 bits per heavy atom. The minimum atomic E-state index is -3.23. The van der Waals surface area contributed by atoms with Gasteiger partial charge in [0, 0.05) is 30.5 Å². The molecule has 0 saturated carbocycles. The fourth-order valence-corrected chi connectivity index (χ4v) is 9.05. The van der Waals surface area contributed by atoms with Crippen LogP contribution in [0, 0.1) is 13.8 Å². The van der Waals surface area contributed by atoms with E-state index >= 15 is 0 Å². The molecule has 0 bridgehead atoms. The summed E-state index contributed by atoms with van der Waals surface area (Å²) in [6.45, 7) is 7.09. The number of carbonyl (C=O) groups is 1. The third-order valence-electron chi connectivity index (χ3n) is 8.59. The number of piperidine rings is 1. The van der Waals surface area contributed by atoms with E-state index in [-0.39, 0.29) is 23.0 Å². The van der Waals surface area contributed by atoms with E-state index in [0.717, 1.165) is 61.2 Å². The van der Waals surface area contributed by atoms with Crippen LogP contribution in [0.1, 0.15) is 57.8 Å². The highest BCUT2D eigenvalue weighted by molar-refractivity contribution is 7.91. The van der Waals surface area contributed by atoms with E-state index in [1.54, 1.807) is 11.0 Å². The van der Waals surface area contributed by atoms with E-state index in [0.29, 0.717) is 27.0 Å². The molecule has 1 fully saturated rings. The number of aryl methyl sites for hydroxylation is 2. The molecule has 1 spiro atoms. The van der Waals surface area contributed by atoms with Gasteiger partial charge in [0.25, 0.3) is 5.91 Å². The monoisotopic (exact) mass is 598 g/mol. The van der Waals surface area contributed by atoms with Crippen LogP contribution in [0.25, 0.3) is 0 Å². The van der Waals surface area contributed by atoms with Gasteiger partial charge in [-0.15, -0.1) is 0 Å². The summed E-state index contributed by atoms with van der Waals surface area (Å²) in [6.07, 6.45) is 2.49. The molecule has 1 saturated heterocycles. The second-order valence-electron chi connectivity index (χ2n) is 11.6. The van der Waals surface area contributed by atoms with E-state index in [4.69, 9.17) is 23.2 Å². The fourth-order valence-electron chi connectivity index (χ4n) is 6.51. The van der Waals surface area contributed by atoms with Gasteiger partial charge in [0.15, 0.2) is 9.84 Å². The van der Waals surface area contributed by atoms with Crippen molar-refractivity contribution < 1.29 is 13.2 Å². The minimum absolute atomic E-state index is 0.00196. The number of hydrogen-bond acceptors (Lipinski definition) is 4. The Morgan fingerprint density at radius 1 is 0.975 bits per heavy atom. The number of benzene rings is 3. The molecule has 3 aromatic carbocycles. The van der Waals surface area contributed by atoms with Gasteiger partial charge in [0.2, 0.25) is 0 Å². The van der Waals surface area contributed by atoms with Crippen molar-refractivity contribution in [3.05, 3.63) is 98.5 Å². The van der Waals surface area contributed by atoms with Gasteiger partial charge in [-0.1, -0.05) is 64.7 Å². The predicted molar refractivity (Wildman–Crippen MR) is 163 cm³/mol. The van der Waals surface area contributed by atoms with Crippen LogP contribution in [0.2, 0.25) is 10.0 Å². The standard InChI is InChI=1S/C32H36Cl2N2O3S/c1-22-16-23(2)18-26(17-22)31(37)35(3)20-25(24-8-9-28(33)29(34)19-24)10-13-36-14-11-32(12-15-36)21-40(38,39)30-7-5-4-6-27(30)32/h4-9,16-19,25H,10-15,20-21H2,1-3H3. The maximum atomic E-state index is 13.4. The minimum Gasteiger partial charge on any atom is -0.341 e. The Morgan fingerprint density at radius 2 is 1.65 bits per heavy atom. The Balaban J connectivity index is 1.29. The average Bonchev–Trinajstić information content (AvgIpc) is 3.14. The number of likely N-dealkylation sites (tertiary alicyclic amines) is 1. The zero-order valence-electron chi connectivity index (χ0n) is 23.3. The molecule has 1 amide bonds. The van der Waals surface area contributed by atoms with Crippen LogP contribution in [-0.4, -0.2) is 63.1 Å². The summed E-state index contributed by atoms with van der Waals surface area (Å²) in [5, 5.41) is 1.02. The third kappa shape index (κ3) is 5.96. The molecule has 2 aliphatic rings. The lowest BCUT2D eigenvalue weighted by Gasteiger charge is -2.40. The van der Waals surface area contributed by atoms with E-state index in [9.17, 15) is 13.2 Å². The summed E-state index contributed by atoms with van der Waals surface area (Å²) in [5.74, 6) is 0.278. The molecule has 1 atom stereocenters. The van der Waals surface area contributed by atoms with Gasteiger partial charge in [0.1, 0.15) is 0 Å². The van der Waals surface area contributed by atoms with Crippen LogP contribution in [0.4, 0.5) is 0 Å². The molecule has 3 aromatic rings. The number of carbonyl (C=O) groups excluding carboxylic acids is 1. The van der Waals surface area contributed by atoms with Crippen LogP contribution in [0.5, 0.6) is 0 Å². The molecule has 0 aromatic heterocycles. The second kappa shape index (κ2) is 11.5. The first-order valence-electron chi connectivity index (χ1n) is 13.8. The molecule has 5 nitrogen and oxygen atoms in total. The number of halogens is 2. The molecule has 0 N–H and O–H groups in total. The number of likely N-dealkylation sites (N-methyl/N-ethyl adjacent to an activating group) is 1. The normalized spacial score (nSPS) is 18.4. The molecule has 8 heteroatoms. The Bertz CT molecular complexity index is 1510. The molecule has 1 unspecified atom stereocenters. The van der Waals surface area contributed by atoms with Crippen molar-refractivity contribution in [2.45, 2.75) is 49.3 Å². The van der Waals surface area contributed by atoms with Crippen molar-refractivity contribution in [2.24, 2.45) is 0 Å². The quantitative estimate of drug-likeness (QED) is 0.304. The molecule has 0 aliphatic carbocycles. The summed E-state index contributed by atoms with van der Waals surface area (Å²) in [4.78, 5) is 18.1. The Hall–Kier alpha value is -2.38. The number of rotatable bonds is 7. The summed E-state index contributed by atoms with van der Waals surface area (Å²) in [5.41, 5.74) is 4.60. The lowest BCUT2D eigenvalue weighted by atomic mass is 9.74. The molecule has 5 rings (SSSR count).